The summed E-state index contributed by atoms with van der Waals surface area (Å²) < 4.78 is 2.40. The fourth-order valence-electron chi connectivity index (χ4n) is 9.59. The first kappa shape index (κ1) is 30.3. The van der Waals surface area contributed by atoms with E-state index in [1.165, 1.54) is 114 Å². The van der Waals surface area contributed by atoms with E-state index in [4.69, 9.17) is 0 Å². The average Bonchev–Trinajstić information content (AvgIpc) is 3.59. The van der Waals surface area contributed by atoms with Gasteiger partial charge >= 0.3 is 0 Å². The average molecular weight is 696 g/mol. The number of hydrogen-bond donors (Lipinski definition) is 0. The largest absolute Gasteiger partial charge is 0.309 e. The van der Waals surface area contributed by atoms with Crippen LogP contribution in [0.1, 0.15) is 0 Å². The Bertz CT molecular complexity index is 3530. The lowest BCUT2D eigenvalue weighted by Crippen LogP contribution is -1.93. The van der Waals surface area contributed by atoms with E-state index in [0.717, 1.165) is 0 Å². The molecule has 0 amide bonds. The van der Waals surface area contributed by atoms with Gasteiger partial charge in [0.1, 0.15) is 0 Å². The molecule has 0 aliphatic rings. The van der Waals surface area contributed by atoms with Crippen LogP contribution in [0.3, 0.4) is 0 Å². The summed E-state index contributed by atoms with van der Waals surface area (Å²) in [6, 6.07) is 74.0. The van der Waals surface area contributed by atoms with Gasteiger partial charge in [-0.1, -0.05) is 170 Å². The van der Waals surface area contributed by atoms with Crippen molar-refractivity contribution in [2.75, 3.05) is 0 Å². The topological polar surface area (TPSA) is 4.93 Å². The van der Waals surface area contributed by atoms with Gasteiger partial charge in [-0.2, -0.15) is 0 Å². The summed E-state index contributed by atoms with van der Waals surface area (Å²) in [6.07, 6.45) is 0. The second kappa shape index (κ2) is 11.6. The van der Waals surface area contributed by atoms with E-state index in [0.29, 0.717) is 0 Å². The quantitative estimate of drug-likeness (QED) is 0.162. The zero-order valence-electron chi connectivity index (χ0n) is 30.0. The predicted octanol–water partition coefficient (Wildman–Crippen LogP) is 15.0. The zero-order valence-corrected chi connectivity index (χ0v) is 30.0. The zero-order chi connectivity index (χ0) is 36.0. The highest BCUT2D eigenvalue weighted by Gasteiger charge is 2.18. The summed E-state index contributed by atoms with van der Waals surface area (Å²) in [7, 11) is 0. The van der Waals surface area contributed by atoms with E-state index in [9.17, 15) is 0 Å². The summed E-state index contributed by atoms with van der Waals surface area (Å²) in [6.45, 7) is 0. The van der Waals surface area contributed by atoms with Gasteiger partial charge in [-0.05, 0) is 117 Å². The highest BCUT2D eigenvalue weighted by atomic mass is 15.0. The third-order valence-electron chi connectivity index (χ3n) is 11.9. The molecule has 0 atom stereocenters. The van der Waals surface area contributed by atoms with Crippen LogP contribution >= 0.6 is 0 Å². The molecule has 254 valence electrons. The molecule has 12 aromatic rings. The van der Waals surface area contributed by atoms with Crippen LogP contribution in [0.4, 0.5) is 0 Å². The summed E-state index contributed by atoms with van der Waals surface area (Å²) in [5, 5.41) is 18.1. The van der Waals surface area contributed by atoms with Crippen molar-refractivity contribution in [3.8, 4) is 27.9 Å². The predicted molar refractivity (Wildman–Crippen MR) is 237 cm³/mol. The van der Waals surface area contributed by atoms with Gasteiger partial charge in [0.05, 0.1) is 11.0 Å². The normalized spacial score (nSPS) is 12.0. The van der Waals surface area contributed by atoms with Gasteiger partial charge in [0.25, 0.3) is 0 Å². The number of hydrogen-bond acceptors (Lipinski definition) is 0. The van der Waals surface area contributed by atoms with Gasteiger partial charge in [-0.15, -0.1) is 0 Å². The van der Waals surface area contributed by atoms with E-state index in [2.05, 4.69) is 205 Å². The molecule has 0 aliphatic heterocycles. The lowest BCUT2D eigenvalue weighted by atomic mass is 9.86. The summed E-state index contributed by atoms with van der Waals surface area (Å²) >= 11 is 0. The van der Waals surface area contributed by atoms with E-state index in [1.807, 2.05) is 0 Å². The van der Waals surface area contributed by atoms with E-state index >= 15 is 0 Å². The fourth-order valence-corrected chi connectivity index (χ4v) is 9.59. The second-order valence-electron chi connectivity index (χ2n) is 14.8. The summed E-state index contributed by atoms with van der Waals surface area (Å²) in [4.78, 5) is 0. The van der Waals surface area contributed by atoms with Crippen molar-refractivity contribution in [2.45, 2.75) is 0 Å². The molecule has 0 unspecified atom stereocenters. The van der Waals surface area contributed by atoms with Crippen molar-refractivity contribution < 1.29 is 0 Å². The molecule has 0 saturated carbocycles. The minimum atomic E-state index is 1.17. The Kier molecular flexibility index (Phi) is 6.40. The van der Waals surface area contributed by atoms with Crippen molar-refractivity contribution in [3.05, 3.63) is 200 Å². The molecule has 55 heavy (non-hydrogen) atoms. The van der Waals surface area contributed by atoms with Crippen molar-refractivity contribution in [1.29, 1.82) is 0 Å². The molecule has 1 heteroatoms. The van der Waals surface area contributed by atoms with Gasteiger partial charge in [-0.3, -0.25) is 0 Å². The van der Waals surface area contributed by atoms with Gasteiger partial charge in [0, 0.05) is 16.5 Å². The van der Waals surface area contributed by atoms with Crippen molar-refractivity contribution >= 4 is 86.4 Å². The second-order valence-corrected chi connectivity index (χ2v) is 14.8. The fraction of sp³-hybridized carbons (Fsp3) is 0. The van der Waals surface area contributed by atoms with Crippen LogP contribution in [0.15, 0.2) is 200 Å². The Morgan fingerprint density at radius 3 is 1.22 bits per heavy atom. The Morgan fingerprint density at radius 2 is 0.636 bits per heavy atom. The molecule has 0 aliphatic carbocycles. The molecule has 0 radical (unpaired) electrons. The molecule has 0 spiro atoms. The van der Waals surface area contributed by atoms with Crippen LogP contribution in [0, 0.1) is 0 Å². The van der Waals surface area contributed by atoms with Crippen molar-refractivity contribution in [1.82, 2.24) is 4.57 Å². The van der Waals surface area contributed by atoms with Crippen molar-refractivity contribution in [2.24, 2.45) is 0 Å². The molecule has 0 N–H and O–H groups in total. The lowest BCUT2D eigenvalue weighted by Gasteiger charge is -2.17. The Labute approximate surface area is 317 Å². The van der Waals surface area contributed by atoms with Crippen LogP contribution in [-0.4, -0.2) is 4.57 Å². The third kappa shape index (κ3) is 4.35. The molecule has 1 aromatic heterocycles. The molecule has 11 aromatic carbocycles. The van der Waals surface area contributed by atoms with Crippen LogP contribution < -0.4 is 0 Å². The first-order valence-electron chi connectivity index (χ1n) is 19.1. The molecule has 12 rings (SSSR count). The molecular weight excluding hydrogens is 663 g/mol. The number of rotatable bonds is 3. The molecular formula is C54H33N. The van der Waals surface area contributed by atoms with E-state index in [1.54, 1.807) is 0 Å². The number of aromatic nitrogens is 1. The van der Waals surface area contributed by atoms with Gasteiger partial charge in [0.15, 0.2) is 0 Å². The van der Waals surface area contributed by atoms with Crippen LogP contribution in [0.5, 0.6) is 0 Å². The molecule has 0 fully saturated rings. The minimum absolute atomic E-state index is 1.17. The van der Waals surface area contributed by atoms with E-state index < -0.39 is 0 Å². The van der Waals surface area contributed by atoms with Gasteiger partial charge < -0.3 is 4.57 Å². The highest BCUT2D eigenvalue weighted by Crippen LogP contribution is 2.46. The Balaban J connectivity index is 1.09. The van der Waals surface area contributed by atoms with Crippen molar-refractivity contribution in [3.63, 3.8) is 0 Å². The SMILES string of the molecule is c1ccc(-n2c3ccccc3c3ccc(-c4ccc(-c5ccc6c(c5)c5ccccc5c5c7ccccc7c7ccccc7c65)c5ccccc45)cc32)cc1. The monoisotopic (exact) mass is 695 g/mol. The maximum atomic E-state index is 2.44. The number of para-hydroxylation sites is 2. The smallest absolute Gasteiger partial charge is 0.0547 e. The van der Waals surface area contributed by atoms with E-state index in [-0.39, 0.29) is 0 Å². The Morgan fingerprint density at radius 1 is 0.236 bits per heavy atom. The summed E-state index contributed by atoms with van der Waals surface area (Å²) in [5.74, 6) is 0. The lowest BCUT2D eigenvalue weighted by molar-refractivity contribution is 1.18. The molecule has 1 heterocycles. The first-order chi connectivity index (χ1) is 27.3. The maximum Gasteiger partial charge on any atom is 0.0547 e. The minimum Gasteiger partial charge on any atom is -0.309 e. The summed E-state index contributed by atoms with van der Waals surface area (Å²) in [5.41, 5.74) is 8.53. The third-order valence-corrected chi connectivity index (χ3v) is 11.9. The highest BCUT2D eigenvalue weighted by molar-refractivity contribution is 6.39. The molecule has 1 nitrogen and oxygen atoms in total. The van der Waals surface area contributed by atoms with Gasteiger partial charge in [-0.25, -0.2) is 0 Å². The number of nitrogens with zero attached hydrogens (tertiary/aromatic N) is 1. The van der Waals surface area contributed by atoms with Crippen LogP contribution in [0.2, 0.25) is 0 Å². The maximum absolute atomic E-state index is 2.44. The van der Waals surface area contributed by atoms with Gasteiger partial charge in [0.2, 0.25) is 0 Å². The molecule has 0 bridgehead atoms. The van der Waals surface area contributed by atoms with Crippen LogP contribution in [-0.2, 0) is 0 Å². The standard InChI is InChI=1S/C54H33N/c1-2-14-36(15-3-1)55-51-25-13-12-21-44(51)45-28-26-35(33-52(45)55)38-31-30-37(39-16-4-5-17-40(38)39)34-27-29-49-50(32-34)43-20-8-11-24-48(43)53-46-22-9-6-18-41(46)42-19-7-10-23-47(42)54(49)53/h1-33H. The number of benzene rings is 11. The Hall–Kier alpha value is -7.22. The first-order valence-corrected chi connectivity index (χ1v) is 19.1. The van der Waals surface area contributed by atoms with Crippen LogP contribution in [0.25, 0.3) is 114 Å². The molecule has 0 saturated heterocycles. The number of fused-ring (bicyclic) bond motifs is 15.